The zero-order valence-electron chi connectivity index (χ0n) is 15.6. The van der Waals surface area contributed by atoms with Gasteiger partial charge in [0.25, 0.3) is 21.0 Å². The number of fused-ring (bicyclic) bond motifs is 1. The van der Waals surface area contributed by atoms with Gasteiger partial charge in [-0.1, -0.05) is 6.07 Å². The zero-order valence-corrected chi connectivity index (χ0v) is 18.0. The number of benzene rings is 1. The van der Waals surface area contributed by atoms with Crippen molar-refractivity contribution in [3.63, 3.8) is 0 Å². The minimum absolute atomic E-state index is 0.172. The second-order valence-electron chi connectivity index (χ2n) is 6.37. The molecular formula is C17H18BrN5O4S. The van der Waals surface area contributed by atoms with E-state index in [1.807, 2.05) is 0 Å². The van der Waals surface area contributed by atoms with Crippen molar-refractivity contribution in [1.29, 1.82) is 0 Å². The van der Waals surface area contributed by atoms with E-state index in [-0.39, 0.29) is 27.6 Å². The maximum absolute atomic E-state index is 12.8. The summed E-state index contributed by atoms with van der Waals surface area (Å²) in [5, 5.41) is 3.60. The van der Waals surface area contributed by atoms with E-state index in [1.54, 1.807) is 45.9 Å². The molecule has 0 aliphatic rings. The lowest BCUT2D eigenvalue weighted by Gasteiger charge is -2.15. The highest BCUT2D eigenvalue weighted by Gasteiger charge is 2.25. The van der Waals surface area contributed by atoms with Crippen molar-refractivity contribution in [2.24, 2.45) is 0 Å². The molecule has 28 heavy (non-hydrogen) atoms. The summed E-state index contributed by atoms with van der Waals surface area (Å²) in [5.74, 6) is -0.390. The number of aromatic nitrogens is 4. The highest BCUT2D eigenvalue weighted by atomic mass is 79.9. The first-order chi connectivity index (χ1) is 13.1. The number of hydrogen-bond donors (Lipinski definition) is 1. The molecule has 0 saturated heterocycles. The Kier molecular flexibility index (Phi) is 5.39. The van der Waals surface area contributed by atoms with E-state index in [1.165, 1.54) is 10.7 Å². The summed E-state index contributed by atoms with van der Waals surface area (Å²) in [6.07, 6.45) is 1.21. The van der Waals surface area contributed by atoms with Crippen LogP contribution in [0.1, 0.15) is 35.5 Å². The molecular weight excluding hydrogens is 450 g/mol. The number of rotatable bonds is 5. The van der Waals surface area contributed by atoms with Crippen LogP contribution >= 0.6 is 15.9 Å². The normalized spacial score (nSPS) is 11.8. The summed E-state index contributed by atoms with van der Waals surface area (Å²) in [5.41, 5.74) is 1.71. The van der Waals surface area contributed by atoms with Crippen molar-refractivity contribution < 1.29 is 17.9 Å². The standard InChI is InChI=1S/C17H18BrN5O4S/c1-9(2)27-15(24)12-6-5-10(3)14(13(12)18)22-28(25,26)17-20-16-19-8-7-11(4)23(16)21-17/h5-9,22H,1-4H3. The van der Waals surface area contributed by atoms with Crippen LogP contribution in [0.5, 0.6) is 0 Å². The van der Waals surface area contributed by atoms with Crippen molar-refractivity contribution in [2.45, 2.75) is 39.0 Å². The fourth-order valence-corrected chi connectivity index (χ4v) is 4.27. The van der Waals surface area contributed by atoms with Crippen molar-refractivity contribution >= 4 is 43.4 Å². The molecule has 0 fully saturated rings. The zero-order chi connectivity index (χ0) is 20.6. The van der Waals surface area contributed by atoms with Crippen molar-refractivity contribution in [3.8, 4) is 0 Å². The van der Waals surface area contributed by atoms with Gasteiger partial charge in [0.15, 0.2) is 0 Å². The van der Waals surface area contributed by atoms with Gasteiger partial charge in [0.05, 0.1) is 21.8 Å². The van der Waals surface area contributed by atoms with Gasteiger partial charge in [-0.2, -0.15) is 13.4 Å². The summed E-state index contributed by atoms with van der Waals surface area (Å²) in [4.78, 5) is 20.3. The molecule has 0 radical (unpaired) electrons. The Hall–Kier alpha value is -2.53. The van der Waals surface area contributed by atoms with Crippen LogP contribution in [0.3, 0.4) is 0 Å². The van der Waals surface area contributed by atoms with Crippen LogP contribution in [0.4, 0.5) is 5.69 Å². The van der Waals surface area contributed by atoms with Gasteiger partial charge in [-0.15, -0.1) is 5.10 Å². The highest BCUT2D eigenvalue weighted by Crippen LogP contribution is 2.32. The number of anilines is 1. The van der Waals surface area contributed by atoms with E-state index in [0.717, 1.165) is 0 Å². The molecule has 1 N–H and O–H groups in total. The Morgan fingerprint density at radius 1 is 1.25 bits per heavy atom. The number of ether oxygens (including phenoxy) is 1. The largest absolute Gasteiger partial charge is 0.459 e. The Balaban J connectivity index is 2.01. The molecule has 3 aromatic rings. The molecule has 0 amide bonds. The fourth-order valence-electron chi connectivity index (χ4n) is 2.42. The van der Waals surface area contributed by atoms with E-state index in [2.05, 4.69) is 35.7 Å². The number of carbonyl (C=O) groups excluding carboxylic acids is 1. The van der Waals surface area contributed by atoms with E-state index in [0.29, 0.717) is 11.3 Å². The molecule has 1 aromatic carbocycles. The van der Waals surface area contributed by atoms with Crippen molar-refractivity contribution in [2.75, 3.05) is 4.72 Å². The van der Waals surface area contributed by atoms with Gasteiger partial charge in [0.2, 0.25) is 0 Å². The van der Waals surface area contributed by atoms with E-state index in [9.17, 15) is 13.2 Å². The monoisotopic (exact) mass is 467 g/mol. The molecule has 2 aromatic heterocycles. The number of aryl methyl sites for hydroxylation is 2. The number of esters is 1. The SMILES string of the molecule is Cc1ccc(C(=O)OC(C)C)c(Br)c1NS(=O)(=O)c1nc2nccc(C)n2n1. The van der Waals surface area contributed by atoms with Crippen LogP contribution in [-0.2, 0) is 14.8 Å². The predicted octanol–water partition coefficient (Wildman–Crippen LogP) is 2.87. The van der Waals surface area contributed by atoms with Crippen molar-refractivity contribution in [3.05, 3.63) is 45.7 Å². The molecule has 0 saturated carbocycles. The number of halogens is 1. The second kappa shape index (κ2) is 7.47. The van der Waals surface area contributed by atoms with E-state index >= 15 is 0 Å². The third kappa shape index (κ3) is 3.85. The Labute approximate surface area is 170 Å². The van der Waals surface area contributed by atoms with Crippen LogP contribution in [0.25, 0.3) is 5.78 Å². The van der Waals surface area contributed by atoms with Gasteiger partial charge in [0, 0.05) is 11.9 Å². The minimum atomic E-state index is -4.12. The number of carbonyl (C=O) groups is 1. The maximum Gasteiger partial charge on any atom is 0.339 e. The van der Waals surface area contributed by atoms with E-state index < -0.39 is 21.1 Å². The first-order valence-corrected chi connectivity index (χ1v) is 10.6. The minimum Gasteiger partial charge on any atom is -0.459 e. The maximum atomic E-state index is 12.8. The molecule has 0 bridgehead atoms. The van der Waals surface area contributed by atoms with Gasteiger partial charge in [-0.05, 0) is 61.3 Å². The summed E-state index contributed by atoms with van der Waals surface area (Å²) in [6.45, 7) is 6.93. The Morgan fingerprint density at radius 2 is 1.96 bits per heavy atom. The smallest absolute Gasteiger partial charge is 0.339 e. The predicted molar refractivity (Wildman–Crippen MR) is 106 cm³/mol. The Bertz CT molecular complexity index is 1170. The molecule has 0 unspecified atom stereocenters. The number of nitrogens with zero attached hydrogens (tertiary/aromatic N) is 4. The van der Waals surface area contributed by atoms with Gasteiger partial charge in [0.1, 0.15) is 0 Å². The summed E-state index contributed by atoms with van der Waals surface area (Å²) in [7, 11) is -4.12. The number of sulfonamides is 1. The van der Waals surface area contributed by atoms with Crippen molar-refractivity contribution in [1.82, 2.24) is 19.6 Å². The first kappa shape index (κ1) is 20.2. The van der Waals surface area contributed by atoms with E-state index in [4.69, 9.17) is 4.74 Å². The lowest BCUT2D eigenvalue weighted by molar-refractivity contribution is 0.0377. The van der Waals surface area contributed by atoms with Gasteiger partial charge < -0.3 is 4.74 Å². The topological polar surface area (TPSA) is 116 Å². The van der Waals surface area contributed by atoms with Gasteiger partial charge >= 0.3 is 5.97 Å². The third-order valence-electron chi connectivity index (χ3n) is 3.80. The molecule has 0 atom stereocenters. The van der Waals surface area contributed by atoms with Crippen LogP contribution < -0.4 is 4.72 Å². The molecule has 0 spiro atoms. The molecule has 0 aliphatic carbocycles. The van der Waals surface area contributed by atoms with Crippen LogP contribution in [0.2, 0.25) is 0 Å². The third-order valence-corrected chi connectivity index (χ3v) is 5.75. The van der Waals surface area contributed by atoms with Gasteiger partial charge in [-0.25, -0.2) is 14.3 Å². The molecule has 3 rings (SSSR count). The molecule has 148 valence electrons. The lowest BCUT2D eigenvalue weighted by Crippen LogP contribution is -2.18. The number of nitrogens with one attached hydrogen (secondary N) is 1. The second-order valence-corrected chi connectivity index (χ2v) is 8.74. The Morgan fingerprint density at radius 3 is 2.61 bits per heavy atom. The molecule has 11 heteroatoms. The fraction of sp³-hybridized carbons (Fsp3) is 0.294. The quantitative estimate of drug-likeness (QED) is 0.573. The average Bonchev–Trinajstić information content (AvgIpc) is 3.04. The molecule has 0 aliphatic heterocycles. The summed E-state index contributed by atoms with van der Waals surface area (Å²) < 4.78 is 34.9. The summed E-state index contributed by atoms with van der Waals surface area (Å²) >= 11 is 3.31. The lowest BCUT2D eigenvalue weighted by atomic mass is 10.1. The first-order valence-electron chi connectivity index (χ1n) is 8.31. The summed E-state index contributed by atoms with van der Waals surface area (Å²) in [6, 6.07) is 4.89. The van der Waals surface area contributed by atoms with Crippen LogP contribution in [0, 0.1) is 13.8 Å². The molecule has 2 heterocycles. The number of hydrogen-bond acceptors (Lipinski definition) is 7. The van der Waals surface area contributed by atoms with Gasteiger partial charge in [-0.3, -0.25) is 4.72 Å². The van der Waals surface area contributed by atoms with Crippen LogP contribution in [-0.4, -0.2) is 40.1 Å². The molecule has 9 nitrogen and oxygen atoms in total. The van der Waals surface area contributed by atoms with Crippen LogP contribution in [0.15, 0.2) is 34.0 Å². The average molecular weight is 468 g/mol. The highest BCUT2D eigenvalue weighted by molar-refractivity contribution is 9.10.